The molecule has 1 aromatic rings. The van der Waals surface area contributed by atoms with Gasteiger partial charge in [-0.25, -0.2) is 4.79 Å². The van der Waals surface area contributed by atoms with Crippen LogP contribution in [0, 0.1) is 0 Å². The van der Waals surface area contributed by atoms with Crippen LogP contribution in [0.5, 0.6) is 0 Å². The third-order valence-electron chi connectivity index (χ3n) is 3.62. The van der Waals surface area contributed by atoms with E-state index in [4.69, 9.17) is 5.11 Å². The van der Waals surface area contributed by atoms with Gasteiger partial charge in [-0.15, -0.1) is 0 Å². The Kier molecular flexibility index (Phi) is 5.76. The highest BCUT2D eigenvalue weighted by molar-refractivity contribution is 9.10. The zero-order valence-corrected chi connectivity index (χ0v) is 13.3. The van der Waals surface area contributed by atoms with Gasteiger partial charge in [-0.1, -0.05) is 22.4 Å². The second-order valence-electron chi connectivity index (χ2n) is 5.23. The molecule has 2 rings (SSSR count). The molecule has 1 aliphatic rings. The number of halogens is 1. The van der Waals surface area contributed by atoms with Gasteiger partial charge in [0.15, 0.2) is 0 Å². The highest BCUT2D eigenvalue weighted by Crippen LogP contribution is 2.22. The number of hydrogen-bond acceptors (Lipinski definition) is 3. The van der Waals surface area contributed by atoms with Crippen LogP contribution in [0.15, 0.2) is 22.7 Å². The summed E-state index contributed by atoms with van der Waals surface area (Å²) in [6.45, 7) is 1.01. The largest absolute Gasteiger partial charge is 0.478 e. The van der Waals surface area contributed by atoms with E-state index in [1.165, 1.54) is 18.9 Å². The van der Waals surface area contributed by atoms with Gasteiger partial charge in [-0.3, -0.25) is 4.79 Å². The van der Waals surface area contributed by atoms with Gasteiger partial charge in [-0.2, -0.15) is 0 Å². The van der Waals surface area contributed by atoms with Crippen LogP contribution in [0.2, 0.25) is 0 Å². The first kappa shape index (κ1) is 16.0. The molecular weight excluding hydrogens is 336 g/mol. The van der Waals surface area contributed by atoms with E-state index in [0.717, 1.165) is 23.9 Å². The van der Waals surface area contributed by atoms with Crippen LogP contribution in [0.4, 0.5) is 5.69 Å². The Balaban J connectivity index is 1.92. The van der Waals surface area contributed by atoms with Crippen molar-refractivity contribution in [1.29, 1.82) is 0 Å². The molecule has 1 saturated heterocycles. The minimum atomic E-state index is -1.05. The van der Waals surface area contributed by atoms with E-state index >= 15 is 0 Å². The lowest BCUT2D eigenvalue weighted by Crippen LogP contribution is -2.34. The molecule has 1 aliphatic heterocycles. The van der Waals surface area contributed by atoms with Crippen LogP contribution in [-0.2, 0) is 4.79 Å². The summed E-state index contributed by atoms with van der Waals surface area (Å²) < 4.78 is 0.733. The summed E-state index contributed by atoms with van der Waals surface area (Å²) in [5.41, 5.74) is 0.431. The van der Waals surface area contributed by atoms with Crippen LogP contribution in [0.25, 0.3) is 0 Å². The Labute approximate surface area is 132 Å². The smallest absolute Gasteiger partial charge is 0.337 e. The minimum absolute atomic E-state index is 0.0994. The zero-order chi connectivity index (χ0) is 15.2. The summed E-state index contributed by atoms with van der Waals surface area (Å²) in [5.74, 6) is -1.20. The van der Waals surface area contributed by atoms with E-state index < -0.39 is 5.97 Å². The maximum Gasteiger partial charge on any atom is 0.337 e. The quantitative estimate of drug-likeness (QED) is 0.759. The first-order valence-corrected chi connectivity index (χ1v) is 7.91. The van der Waals surface area contributed by atoms with E-state index in [0.29, 0.717) is 18.2 Å². The zero-order valence-electron chi connectivity index (χ0n) is 11.7. The molecule has 0 aliphatic carbocycles. The minimum Gasteiger partial charge on any atom is -0.478 e. The van der Waals surface area contributed by atoms with Crippen molar-refractivity contribution in [3.63, 3.8) is 0 Å². The Morgan fingerprint density at radius 3 is 2.86 bits per heavy atom. The molecule has 1 unspecified atom stereocenters. The second kappa shape index (κ2) is 7.56. The van der Waals surface area contributed by atoms with Gasteiger partial charge in [0.05, 0.1) is 11.3 Å². The van der Waals surface area contributed by atoms with E-state index in [1.807, 2.05) is 0 Å². The highest BCUT2D eigenvalue weighted by atomic mass is 79.9. The van der Waals surface area contributed by atoms with E-state index in [2.05, 4.69) is 26.6 Å². The summed E-state index contributed by atoms with van der Waals surface area (Å²) in [4.78, 5) is 23.1. The number of anilines is 1. The monoisotopic (exact) mass is 354 g/mol. The number of amides is 1. The molecule has 21 heavy (non-hydrogen) atoms. The molecular formula is C15H19BrN2O3. The third kappa shape index (κ3) is 4.82. The Hall–Kier alpha value is -1.40. The lowest BCUT2D eigenvalue weighted by atomic mass is 10.0. The van der Waals surface area contributed by atoms with Crippen LogP contribution < -0.4 is 10.6 Å². The number of aromatic carboxylic acids is 1. The molecule has 1 heterocycles. The fraction of sp³-hybridized carbons (Fsp3) is 0.467. The molecule has 6 heteroatoms. The predicted octanol–water partition coefficient (Wildman–Crippen LogP) is 3.01. The van der Waals surface area contributed by atoms with Crippen molar-refractivity contribution < 1.29 is 14.7 Å². The molecule has 0 spiro atoms. The van der Waals surface area contributed by atoms with E-state index in [1.54, 1.807) is 12.1 Å². The highest BCUT2D eigenvalue weighted by Gasteiger charge is 2.16. The average Bonchev–Trinajstić information content (AvgIpc) is 2.46. The molecule has 1 aromatic carbocycles. The standard InChI is InChI=1S/C15H19BrN2O3/c16-10-4-6-12(15(20)21)13(9-10)18-14(19)7-5-11-3-1-2-8-17-11/h4,6,9,11,17H,1-3,5,7-8H2,(H,18,19)(H,20,21). The molecule has 0 saturated carbocycles. The van der Waals surface area contributed by atoms with E-state index in [9.17, 15) is 9.59 Å². The van der Waals surface area contributed by atoms with Crippen LogP contribution in [0.3, 0.4) is 0 Å². The lowest BCUT2D eigenvalue weighted by Gasteiger charge is -2.23. The van der Waals surface area contributed by atoms with Gasteiger partial charge < -0.3 is 15.7 Å². The van der Waals surface area contributed by atoms with Gasteiger partial charge >= 0.3 is 5.97 Å². The summed E-state index contributed by atoms with van der Waals surface area (Å²) in [6.07, 6.45) is 4.67. The number of carboxylic acid groups (broad SMARTS) is 1. The first-order chi connectivity index (χ1) is 10.1. The normalized spacial score (nSPS) is 18.2. The molecule has 0 bridgehead atoms. The number of carbonyl (C=O) groups excluding carboxylic acids is 1. The Bertz CT molecular complexity index is 528. The Morgan fingerprint density at radius 1 is 1.38 bits per heavy atom. The average molecular weight is 355 g/mol. The van der Waals surface area contributed by atoms with Crippen molar-refractivity contribution in [2.24, 2.45) is 0 Å². The van der Waals surface area contributed by atoms with E-state index in [-0.39, 0.29) is 11.5 Å². The second-order valence-corrected chi connectivity index (χ2v) is 6.14. The first-order valence-electron chi connectivity index (χ1n) is 7.12. The number of rotatable bonds is 5. The third-order valence-corrected chi connectivity index (χ3v) is 4.11. The number of piperidine rings is 1. The fourth-order valence-corrected chi connectivity index (χ4v) is 2.86. The van der Waals surface area contributed by atoms with Crippen LogP contribution in [-0.4, -0.2) is 29.6 Å². The number of nitrogens with one attached hydrogen (secondary N) is 2. The van der Waals surface area contributed by atoms with Crippen molar-refractivity contribution in [3.05, 3.63) is 28.2 Å². The summed E-state index contributed by atoms with van der Waals surface area (Å²) in [6, 6.07) is 5.13. The SMILES string of the molecule is O=C(CCC1CCCCN1)Nc1cc(Br)ccc1C(=O)O. The van der Waals surface area contributed by atoms with Gasteiger partial charge in [0.25, 0.3) is 0 Å². The summed E-state index contributed by atoms with van der Waals surface area (Å²) in [5, 5.41) is 15.2. The number of benzene rings is 1. The molecule has 1 atom stereocenters. The topological polar surface area (TPSA) is 78.4 Å². The molecule has 114 valence electrons. The van der Waals surface area contributed by atoms with Gasteiger partial charge in [-0.05, 0) is 44.0 Å². The van der Waals surface area contributed by atoms with Crippen molar-refractivity contribution in [3.8, 4) is 0 Å². The number of carboxylic acids is 1. The van der Waals surface area contributed by atoms with Crippen LogP contribution in [0.1, 0.15) is 42.5 Å². The van der Waals surface area contributed by atoms with Gasteiger partial charge in [0.1, 0.15) is 0 Å². The van der Waals surface area contributed by atoms with Gasteiger partial charge in [0, 0.05) is 16.9 Å². The summed E-state index contributed by atoms with van der Waals surface area (Å²) >= 11 is 3.28. The molecule has 0 aromatic heterocycles. The molecule has 0 radical (unpaired) electrons. The van der Waals surface area contributed by atoms with Crippen LogP contribution >= 0.6 is 15.9 Å². The fourth-order valence-electron chi connectivity index (χ4n) is 2.49. The lowest BCUT2D eigenvalue weighted by molar-refractivity contribution is -0.116. The molecule has 1 amide bonds. The van der Waals surface area contributed by atoms with Gasteiger partial charge in [0.2, 0.25) is 5.91 Å². The maximum atomic E-state index is 12.0. The number of hydrogen-bond donors (Lipinski definition) is 3. The predicted molar refractivity (Wildman–Crippen MR) is 84.6 cm³/mol. The maximum absolute atomic E-state index is 12.0. The molecule has 5 nitrogen and oxygen atoms in total. The molecule has 1 fully saturated rings. The van der Waals surface area contributed by atoms with Crippen molar-refractivity contribution in [2.75, 3.05) is 11.9 Å². The Morgan fingerprint density at radius 2 is 2.19 bits per heavy atom. The molecule has 3 N–H and O–H groups in total. The van der Waals surface area contributed by atoms with Crippen molar-refractivity contribution >= 4 is 33.5 Å². The summed E-state index contributed by atoms with van der Waals surface area (Å²) in [7, 11) is 0. The number of carbonyl (C=O) groups is 2. The van der Waals surface area contributed by atoms with Crippen molar-refractivity contribution in [1.82, 2.24) is 5.32 Å². The van der Waals surface area contributed by atoms with Crippen molar-refractivity contribution in [2.45, 2.75) is 38.1 Å².